The lowest BCUT2D eigenvalue weighted by atomic mass is 9.98. The maximum absolute atomic E-state index is 13.0. The van der Waals surface area contributed by atoms with Gasteiger partial charge in [0.1, 0.15) is 18.2 Å². The lowest BCUT2D eigenvalue weighted by molar-refractivity contribution is -0.148. The fraction of sp³-hybridized carbons (Fsp3) is 0.500. The largest absolute Gasteiger partial charge is 0.489 e. The minimum absolute atomic E-state index is 0.116. The molecule has 0 bridgehead atoms. The molecule has 8 nitrogen and oxygen atoms in total. The molecule has 1 saturated carbocycles. The average Bonchev–Trinajstić information content (AvgIpc) is 3.62. The number of aromatic nitrogens is 1. The SMILES string of the molecule is Cc1cncc(Cl)c1C[C@H](OC(=O)CNC(=O)OC(C)(C)C)c1ccc(OC(F)F)c(OCC2CC2)c1. The number of amides is 1. The Morgan fingerprint density at radius 1 is 1.19 bits per heavy atom. The number of carbonyl (C=O) groups is 2. The lowest BCUT2D eigenvalue weighted by Gasteiger charge is -2.22. The van der Waals surface area contributed by atoms with Gasteiger partial charge in [-0.05, 0) is 75.3 Å². The first-order chi connectivity index (χ1) is 17.4. The summed E-state index contributed by atoms with van der Waals surface area (Å²) in [5.41, 5.74) is 1.22. The van der Waals surface area contributed by atoms with Crippen LogP contribution < -0.4 is 14.8 Å². The Labute approximate surface area is 219 Å². The molecule has 3 rings (SSSR count). The number of hydrogen-bond acceptors (Lipinski definition) is 7. The van der Waals surface area contributed by atoms with Crippen molar-refractivity contribution < 1.29 is 37.3 Å². The molecule has 1 aliphatic rings. The van der Waals surface area contributed by atoms with Crippen molar-refractivity contribution in [2.45, 2.75) is 65.3 Å². The second kappa shape index (κ2) is 12.4. The van der Waals surface area contributed by atoms with Crippen LogP contribution in [0.5, 0.6) is 11.5 Å². The first-order valence-corrected chi connectivity index (χ1v) is 12.3. The topological polar surface area (TPSA) is 96.0 Å². The molecular weight excluding hydrogens is 510 g/mol. The molecular formula is C26H31ClF2N2O6. The first-order valence-electron chi connectivity index (χ1n) is 11.9. The number of pyridine rings is 1. The molecule has 0 saturated heterocycles. The third-order valence-corrected chi connectivity index (χ3v) is 5.71. The quantitative estimate of drug-likeness (QED) is 0.361. The number of aryl methyl sites for hydroxylation is 1. The molecule has 37 heavy (non-hydrogen) atoms. The average molecular weight is 541 g/mol. The number of halogens is 3. The Morgan fingerprint density at radius 2 is 1.92 bits per heavy atom. The van der Waals surface area contributed by atoms with E-state index in [4.69, 9.17) is 25.8 Å². The number of ether oxygens (including phenoxy) is 4. The van der Waals surface area contributed by atoms with Gasteiger partial charge in [-0.25, -0.2) is 4.79 Å². The highest BCUT2D eigenvalue weighted by molar-refractivity contribution is 6.31. The molecule has 11 heteroatoms. The van der Waals surface area contributed by atoms with E-state index in [1.165, 1.54) is 24.4 Å². The number of benzene rings is 1. The van der Waals surface area contributed by atoms with E-state index in [-0.39, 0.29) is 17.9 Å². The van der Waals surface area contributed by atoms with Gasteiger partial charge in [-0.3, -0.25) is 9.78 Å². The van der Waals surface area contributed by atoms with Crippen molar-refractivity contribution in [3.05, 3.63) is 52.3 Å². The van der Waals surface area contributed by atoms with Crippen molar-refractivity contribution in [1.82, 2.24) is 10.3 Å². The Kier molecular flexibility index (Phi) is 9.53. The predicted molar refractivity (Wildman–Crippen MR) is 132 cm³/mol. The lowest BCUT2D eigenvalue weighted by Crippen LogP contribution is -2.36. The van der Waals surface area contributed by atoms with Gasteiger partial charge in [-0.1, -0.05) is 17.7 Å². The van der Waals surface area contributed by atoms with E-state index in [1.54, 1.807) is 27.0 Å². The summed E-state index contributed by atoms with van der Waals surface area (Å²) in [5, 5.41) is 2.75. The summed E-state index contributed by atoms with van der Waals surface area (Å²) in [6.45, 7) is 3.82. The van der Waals surface area contributed by atoms with E-state index >= 15 is 0 Å². The Morgan fingerprint density at radius 3 is 2.54 bits per heavy atom. The number of carbonyl (C=O) groups excluding carboxylic acids is 2. The van der Waals surface area contributed by atoms with Crippen LogP contribution in [0.25, 0.3) is 0 Å². The van der Waals surface area contributed by atoms with Gasteiger partial charge < -0.3 is 24.3 Å². The highest BCUT2D eigenvalue weighted by Crippen LogP contribution is 2.37. The Balaban J connectivity index is 1.84. The molecule has 1 atom stereocenters. The van der Waals surface area contributed by atoms with Gasteiger partial charge in [0.25, 0.3) is 0 Å². The van der Waals surface area contributed by atoms with Crippen molar-refractivity contribution in [2.24, 2.45) is 5.92 Å². The Hall–Kier alpha value is -3.14. The molecule has 0 spiro atoms. The molecule has 1 aromatic heterocycles. The summed E-state index contributed by atoms with van der Waals surface area (Å²) in [7, 11) is 0. The number of alkyl halides is 2. The predicted octanol–water partition coefficient (Wildman–Crippen LogP) is 5.79. The van der Waals surface area contributed by atoms with Gasteiger partial charge in [0, 0.05) is 18.8 Å². The van der Waals surface area contributed by atoms with Crippen molar-refractivity contribution in [3.8, 4) is 11.5 Å². The molecule has 1 fully saturated rings. The zero-order valence-corrected chi connectivity index (χ0v) is 21.9. The molecule has 1 amide bonds. The van der Waals surface area contributed by atoms with Gasteiger partial charge in [0.15, 0.2) is 11.5 Å². The maximum Gasteiger partial charge on any atom is 0.408 e. The smallest absolute Gasteiger partial charge is 0.408 e. The monoisotopic (exact) mass is 540 g/mol. The third kappa shape index (κ3) is 9.35. The number of alkyl carbamates (subject to hydrolysis) is 1. The molecule has 2 aromatic rings. The Bertz CT molecular complexity index is 1080. The minimum atomic E-state index is -3.03. The summed E-state index contributed by atoms with van der Waals surface area (Å²) in [6, 6.07) is 4.39. The summed E-state index contributed by atoms with van der Waals surface area (Å²) < 4.78 is 47.2. The van der Waals surface area contributed by atoms with E-state index in [0.717, 1.165) is 18.4 Å². The van der Waals surface area contributed by atoms with Crippen LogP contribution in [0.4, 0.5) is 13.6 Å². The molecule has 0 aliphatic heterocycles. The highest BCUT2D eigenvalue weighted by Gasteiger charge is 2.26. The van der Waals surface area contributed by atoms with Gasteiger partial charge in [0.05, 0.1) is 11.6 Å². The number of nitrogens with zero attached hydrogens (tertiary/aromatic N) is 1. The fourth-order valence-electron chi connectivity index (χ4n) is 3.41. The number of esters is 1. The van der Waals surface area contributed by atoms with Crippen LogP contribution in [-0.4, -0.2) is 42.4 Å². The van der Waals surface area contributed by atoms with Crippen LogP contribution in [0.1, 0.15) is 56.4 Å². The van der Waals surface area contributed by atoms with Crippen LogP contribution in [0.3, 0.4) is 0 Å². The van der Waals surface area contributed by atoms with Crippen LogP contribution in [0.15, 0.2) is 30.6 Å². The van der Waals surface area contributed by atoms with E-state index in [0.29, 0.717) is 28.7 Å². The third-order valence-electron chi connectivity index (χ3n) is 5.39. The summed E-state index contributed by atoms with van der Waals surface area (Å²) >= 11 is 6.36. The van der Waals surface area contributed by atoms with E-state index in [9.17, 15) is 18.4 Å². The highest BCUT2D eigenvalue weighted by atomic mass is 35.5. The van der Waals surface area contributed by atoms with Crippen LogP contribution in [0, 0.1) is 12.8 Å². The van der Waals surface area contributed by atoms with Crippen LogP contribution in [0.2, 0.25) is 5.02 Å². The molecule has 0 unspecified atom stereocenters. The van der Waals surface area contributed by atoms with Crippen molar-refractivity contribution in [3.63, 3.8) is 0 Å². The maximum atomic E-state index is 13.0. The summed E-state index contributed by atoms with van der Waals surface area (Å²) in [5.74, 6) is -0.356. The van der Waals surface area contributed by atoms with Gasteiger partial charge in [-0.15, -0.1) is 0 Å². The molecule has 0 radical (unpaired) electrons. The zero-order valence-electron chi connectivity index (χ0n) is 21.2. The molecule has 202 valence electrons. The van der Waals surface area contributed by atoms with Gasteiger partial charge in [0.2, 0.25) is 0 Å². The van der Waals surface area contributed by atoms with E-state index in [2.05, 4.69) is 15.0 Å². The number of rotatable bonds is 11. The summed E-state index contributed by atoms with van der Waals surface area (Å²) in [6.07, 6.45) is 3.66. The first kappa shape index (κ1) is 28.4. The molecule has 1 aromatic carbocycles. The molecule has 1 N–H and O–H groups in total. The standard InChI is InChI=1S/C26H31ClF2N2O6/c1-15-11-30-12-19(27)18(15)10-21(35-23(32)13-31-25(33)37-26(2,3)4)17-7-8-20(36-24(28)29)22(9-17)34-14-16-5-6-16/h7-9,11-12,16,21,24H,5-6,10,13-14H2,1-4H3,(H,31,33)/t21-/m0/s1. The van der Waals surface area contributed by atoms with Crippen molar-refractivity contribution in [1.29, 1.82) is 0 Å². The fourth-order valence-corrected chi connectivity index (χ4v) is 3.69. The second-order valence-corrected chi connectivity index (χ2v) is 10.2. The van der Waals surface area contributed by atoms with Crippen molar-refractivity contribution in [2.75, 3.05) is 13.2 Å². The van der Waals surface area contributed by atoms with Crippen LogP contribution in [-0.2, 0) is 20.7 Å². The number of hydrogen-bond donors (Lipinski definition) is 1. The second-order valence-electron chi connectivity index (χ2n) is 9.79. The molecule has 1 aliphatic carbocycles. The van der Waals surface area contributed by atoms with E-state index in [1.807, 2.05) is 6.92 Å². The van der Waals surface area contributed by atoms with Gasteiger partial charge >= 0.3 is 18.7 Å². The summed E-state index contributed by atoms with van der Waals surface area (Å²) in [4.78, 5) is 28.7. The minimum Gasteiger partial charge on any atom is -0.489 e. The van der Waals surface area contributed by atoms with Crippen LogP contribution >= 0.6 is 11.6 Å². The van der Waals surface area contributed by atoms with E-state index < -0.39 is 36.9 Å². The normalized spacial score (nSPS) is 14.2. The van der Waals surface area contributed by atoms with Crippen molar-refractivity contribution >= 4 is 23.7 Å². The number of nitrogens with one attached hydrogen (secondary N) is 1. The zero-order chi connectivity index (χ0) is 27.2. The van der Waals surface area contributed by atoms with Gasteiger partial charge in [-0.2, -0.15) is 8.78 Å². The molecule has 1 heterocycles.